The normalized spacial score (nSPS) is 17.6. The molecular weight excluding hydrogens is 257 g/mol. The SMILES string of the molecule is Cc1ccc(F)cc1C(=O)N1CCN(C(C)C#N)CC1. The van der Waals surface area contributed by atoms with Crippen LogP contribution in [0.1, 0.15) is 22.8 Å². The summed E-state index contributed by atoms with van der Waals surface area (Å²) < 4.78 is 13.3. The van der Waals surface area contributed by atoms with E-state index in [0.717, 1.165) is 5.56 Å². The number of hydrogen-bond donors (Lipinski definition) is 0. The largest absolute Gasteiger partial charge is 0.336 e. The van der Waals surface area contributed by atoms with E-state index in [0.29, 0.717) is 31.7 Å². The van der Waals surface area contributed by atoms with Crippen molar-refractivity contribution in [1.82, 2.24) is 9.80 Å². The number of carbonyl (C=O) groups excluding carboxylic acids is 1. The fourth-order valence-electron chi connectivity index (χ4n) is 2.39. The number of rotatable bonds is 2. The van der Waals surface area contributed by atoms with Crippen LogP contribution < -0.4 is 0 Å². The number of nitriles is 1. The standard InChI is InChI=1S/C15H18FN3O/c1-11-3-4-13(16)9-14(11)15(20)19-7-5-18(6-8-19)12(2)10-17/h3-4,9,12H,5-8H2,1-2H3. The summed E-state index contributed by atoms with van der Waals surface area (Å²) >= 11 is 0. The van der Waals surface area contributed by atoms with E-state index in [1.54, 1.807) is 17.9 Å². The molecule has 1 aliphatic rings. The van der Waals surface area contributed by atoms with Crippen LogP contribution in [0.3, 0.4) is 0 Å². The van der Waals surface area contributed by atoms with Gasteiger partial charge >= 0.3 is 0 Å². The third kappa shape index (κ3) is 2.97. The van der Waals surface area contributed by atoms with Crippen LogP contribution >= 0.6 is 0 Å². The molecule has 1 heterocycles. The third-order valence-corrected chi connectivity index (χ3v) is 3.77. The zero-order chi connectivity index (χ0) is 14.7. The molecular formula is C15H18FN3O. The number of carbonyl (C=O) groups is 1. The van der Waals surface area contributed by atoms with Crippen LogP contribution in [0.5, 0.6) is 0 Å². The van der Waals surface area contributed by atoms with Gasteiger partial charge < -0.3 is 4.90 Å². The number of nitrogens with zero attached hydrogens (tertiary/aromatic N) is 3. The Kier molecular flexibility index (Phi) is 4.35. The molecule has 106 valence electrons. The van der Waals surface area contributed by atoms with Gasteiger partial charge in [-0.1, -0.05) is 6.07 Å². The smallest absolute Gasteiger partial charge is 0.254 e. The third-order valence-electron chi connectivity index (χ3n) is 3.77. The van der Waals surface area contributed by atoms with Crippen molar-refractivity contribution in [3.63, 3.8) is 0 Å². The van der Waals surface area contributed by atoms with Crippen molar-refractivity contribution in [2.45, 2.75) is 19.9 Å². The molecule has 0 bridgehead atoms. The summed E-state index contributed by atoms with van der Waals surface area (Å²) in [5, 5.41) is 8.89. The Balaban J connectivity index is 2.05. The summed E-state index contributed by atoms with van der Waals surface area (Å²) in [5.74, 6) is -0.526. The van der Waals surface area contributed by atoms with Gasteiger partial charge in [-0.25, -0.2) is 4.39 Å². The number of halogens is 1. The molecule has 1 unspecified atom stereocenters. The minimum absolute atomic E-state index is 0.133. The zero-order valence-corrected chi connectivity index (χ0v) is 11.8. The Morgan fingerprint density at radius 3 is 2.60 bits per heavy atom. The van der Waals surface area contributed by atoms with Crippen LogP contribution in [0, 0.1) is 24.1 Å². The Morgan fingerprint density at radius 2 is 2.00 bits per heavy atom. The molecule has 0 saturated carbocycles. The molecule has 1 atom stereocenters. The molecule has 20 heavy (non-hydrogen) atoms. The average molecular weight is 275 g/mol. The molecule has 5 heteroatoms. The van der Waals surface area contributed by atoms with Gasteiger partial charge in [0.2, 0.25) is 0 Å². The number of hydrogen-bond acceptors (Lipinski definition) is 3. The molecule has 1 saturated heterocycles. The van der Waals surface area contributed by atoms with Crippen LogP contribution in [0.25, 0.3) is 0 Å². The molecule has 2 rings (SSSR count). The van der Waals surface area contributed by atoms with Crippen molar-refractivity contribution in [3.8, 4) is 6.07 Å². The van der Waals surface area contributed by atoms with E-state index < -0.39 is 5.82 Å². The lowest BCUT2D eigenvalue weighted by Gasteiger charge is -2.36. The van der Waals surface area contributed by atoms with E-state index in [-0.39, 0.29) is 11.9 Å². The molecule has 0 aromatic heterocycles. The van der Waals surface area contributed by atoms with Crippen LogP contribution in [0.2, 0.25) is 0 Å². The van der Waals surface area contributed by atoms with Gasteiger partial charge in [0.05, 0.1) is 12.1 Å². The Hall–Kier alpha value is -1.93. The van der Waals surface area contributed by atoms with Gasteiger partial charge in [-0.2, -0.15) is 5.26 Å². The molecule has 1 aromatic rings. The summed E-state index contributed by atoms with van der Waals surface area (Å²) in [7, 11) is 0. The van der Waals surface area contributed by atoms with Gasteiger partial charge in [-0.05, 0) is 31.5 Å². The summed E-state index contributed by atoms with van der Waals surface area (Å²) in [5.41, 5.74) is 1.20. The monoisotopic (exact) mass is 275 g/mol. The number of aryl methyl sites for hydroxylation is 1. The zero-order valence-electron chi connectivity index (χ0n) is 11.8. The van der Waals surface area contributed by atoms with Crippen molar-refractivity contribution in [1.29, 1.82) is 5.26 Å². The van der Waals surface area contributed by atoms with Crippen molar-refractivity contribution >= 4 is 5.91 Å². The highest BCUT2D eigenvalue weighted by Gasteiger charge is 2.25. The fraction of sp³-hybridized carbons (Fsp3) is 0.467. The Morgan fingerprint density at radius 1 is 1.35 bits per heavy atom. The molecule has 1 fully saturated rings. The highest BCUT2D eigenvalue weighted by molar-refractivity contribution is 5.95. The first-order valence-corrected chi connectivity index (χ1v) is 6.72. The molecule has 1 amide bonds. The van der Waals surface area contributed by atoms with Crippen molar-refractivity contribution in [2.75, 3.05) is 26.2 Å². The summed E-state index contributed by atoms with van der Waals surface area (Å²) in [4.78, 5) is 16.2. The van der Waals surface area contributed by atoms with Gasteiger partial charge in [0.25, 0.3) is 5.91 Å². The second-order valence-corrected chi connectivity index (χ2v) is 5.09. The molecule has 1 aromatic carbocycles. The summed E-state index contributed by atoms with van der Waals surface area (Å²) in [6, 6.07) is 6.34. The highest BCUT2D eigenvalue weighted by Crippen LogP contribution is 2.15. The first kappa shape index (κ1) is 14.5. The topological polar surface area (TPSA) is 47.3 Å². The second-order valence-electron chi connectivity index (χ2n) is 5.09. The number of amides is 1. The van der Waals surface area contributed by atoms with Crippen LogP contribution in [-0.4, -0.2) is 47.9 Å². The molecule has 0 aliphatic carbocycles. The molecule has 4 nitrogen and oxygen atoms in total. The maximum Gasteiger partial charge on any atom is 0.254 e. The maximum absolute atomic E-state index is 13.3. The van der Waals surface area contributed by atoms with Gasteiger partial charge in [0, 0.05) is 31.7 Å². The van der Waals surface area contributed by atoms with E-state index in [1.807, 2.05) is 11.8 Å². The fourth-order valence-corrected chi connectivity index (χ4v) is 2.39. The van der Waals surface area contributed by atoms with Gasteiger partial charge in [0.15, 0.2) is 0 Å². The first-order chi connectivity index (χ1) is 9.52. The lowest BCUT2D eigenvalue weighted by atomic mass is 10.1. The van der Waals surface area contributed by atoms with Crippen molar-refractivity contribution < 1.29 is 9.18 Å². The van der Waals surface area contributed by atoms with Crippen molar-refractivity contribution in [2.24, 2.45) is 0 Å². The average Bonchev–Trinajstić information content (AvgIpc) is 2.48. The number of benzene rings is 1. The lowest BCUT2D eigenvalue weighted by Crippen LogP contribution is -2.51. The predicted octanol–water partition coefficient (Wildman–Crippen LogP) is 1.80. The van der Waals surface area contributed by atoms with Crippen LogP contribution in [-0.2, 0) is 0 Å². The quantitative estimate of drug-likeness (QED) is 0.827. The predicted molar refractivity (Wildman–Crippen MR) is 73.7 cm³/mol. The number of piperazine rings is 1. The van der Waals surface area contributed by atoms with Crippen molar-refractivity contribution in [3.05, 3.63) is 35.1 Å². The van der Waals surface area contributed by atoms with Gasteiger partial charge in [-0.3, -0.25) is 9.69 Å². The maximum atomic E-state index is 13.3. The highest BCUT2D eigenvalue weighted by atomic mass is 19.1. The summed E-state index contributed by atoms with van der Waals surface area (Å²) in [6.45, 7) is 6.15. The molecule has 1 aliphatic heterocycles. The molecule has 0 radical (unpaired) electrons. The molecule has 0 spiro atoms. The van der Waals surface area contributed by atoms with Crippen LogP contribution in [0.15, 0.2) is 18.2 Å². The summed E-state index contributed by atoms with van der Waals surface area (Å²) in [6.07, 6.45) is 0. The lowest BCUT2D eigenvalue weighted by molar-refractivity contribution is 0.0614. The van der Waals surface area contributed by atoms with Gasteiger partial charge in [0.1, 0.15) is 5.82 Å². The second kappa shape index (κ2) is 6.02. The molecule has 0 N–H and O–H groups in total. The Bertz CT molecular complexity index is 545. The Labute approximate surface area is 118 Å². The first-order valence-electron chi connectivity index (χ1n) is 6.72. The van der Waals surface area contributed by atoms with Gasteiger partial charge in [-0.15, -0.1) is 0 Å². The van der Waals surface area contributed by atoms with E-state index in [1.165, 1.54) is 12.1 Å². The van der Waals surface area contributed by atoms with E-state index in [2.05, 4.69) is 6.07 Å². The van der Waals surface area contributed by atoms with Crippen LogP contribution in [0.4, 0.5) is 4.39 Å². The van der Waals surface area contributed by atoms with E-state index >= 15 is 0 Å². The minimum atomic E-state index is -0.393. The van der Waals surface area contributed by atoms with E-state index in [9.17, 15) is 9.18 Å². The minimum Gasteiger partial charge on any atom is -0.336 e. The van der Waals surface area contributed by atoms with E-state index in [4.69, 9.17) is 5.26 Å².